The van der Waals surface area contributed by atoms with E-state index in [-0.39, 0.29) is 5.91 Å². The van der Waals surface area contributed by atoms with E-state index in [0.717, 1.165) is 33.4 Å². The maximum Gasteiger partial charge on any atom is 0.255 e. The van der Waals surface area contributed by atoms with Crippen LogP contribution >= 0.6 is 0 Å². The number of ether oxygens (including phenoxy) is 1. The average molecular weight is 460 g/mol. The molecule has 5 aromatic rings. The average Bonchev–Trinajstić information content (AvgIpc) is 3.30. The SMILES string of the molecule is CNC(=O)c1c(-c2ccc(C)cc2)oc2ccc3c(c12)Cc1ccccc1-c1ccccc1CO3. The zero-order valence-corrected chi connectivity index (χ0v) is 19.7. The Morgan fingerprint density at radius 3 is 2.26 bits per heavy atom. The fourth-order valence-corrected chi connectivity index (χ4v) is 4.99. The molecule has 172 valence electrons. The molecule has 0 spiro atoms. The Labute approximate surface area is 204 Å². The molecule has 1 amide bonds. The lowest BCUT2D eigenvalue weighted by molar-refractivity contribution is 0.0964. The molecular formula is C31H25NO3. The predicted molar refractivity (Wildman–Crippen MR) is 139 cm³/mol. The Morgan fingerprint density at radius 1 is 0.829 bits per heavy atom. The maximum absolute atomic E-state index is 13.3. The van der Waals surface area contributed by atoms with Crippen molar-refractivity contribution in [3.63, 3.8) is 0 Å². The highest BCUT2D eigenvalue weighted by Crippen LogP contribution is 2.42. The molecule has 4 nitrogen and oxygen atoms in total. The highest BCUT2D eigenvalue weighted by Gasteiger charge is 2.27. The van der Waals surface area contributed by atoms with E-state index < -0.39 is 0 Å². The largest absolute Gasteiger partial charge is 0.489 e. The molecule has 0 atom stereocenters. The lowest BCUT2D eigenvalue weighted by Crippen LogP contribution is -2.18. The number of carbonyl (C=O) groups excluding carboxylic acids is 1. The molecule has 6 rings (SSSR count). The highest BCUT2D eigenvalue weighted by molar-refractivity contribution is 6.12. The minimum atomic E-state index is -0.177. The van der Waals surface area contributed by atoms with Crippen LogP contribution in [0.5, 0.6) is 5.75 Å². The molecule has 35 heavy (non-hydrogen) atoms. The van der Waals surface area contributed by atoms with Crippen LogP contribution in [0.4, 0.5) is 0 Å². The first-order valence-corrected chi connectivity index (χ1v) is 11.8. The topological polar surface area (TPSA) is 51.5 Å². The number of aryl methyl sites for hydroxylation is 1. The molecule has 1 aliphatic heterocycles. The van der Waals surface area contributed by atoms with Crippen molar-refractivity contribution >= 4 is 16.9 Å². The van der Waals surface area contributed by atoms with Crippen molar-refractivity contribution in [2.45, 2.75) is 20.0 Å². The van der Waals surface area contributed by atoms with Crippen molar-refractivity contribution in [1.29, 1.82) is 0 Å². The van der Waals surface area contributed by atoms with Gasteiger partial charge in [-0.05, 0) is 41.3 Å². The molecule has 0 fully saturated rings. The van der Waals surface area contributed by atoms with Gasteiger partial charge in [0.1, 0.15) is 23.7 Å². The van der Waals surface area contributed by atoms with Crippen LogP contribution in [0.15, 0.2) is 89.3 Å². The summed E-state index contributed by atoms with van der Waals surface area (Å²) in [5.41, 5.74) is 8.87. The number of fused-ring (bicyclic) bond motifs is 6. The van der Waals surface area contributed by atoms with E-state index >= 15 is 0 Å². The van der Waals surface area contributed by atoms with Crippen LogP contribution in [0.3, 0.4) is 0 Å². The first kappa shape index (κ1) is 21.2. The Morgan fingerprint density at radius 2 is 1.51 bits per heavy atom. The number of amides is 1. The summed E-state index contributed by atoms with van der Waals surface area (Å²) in [5, 5.41) is 3.63. The van der Waals surface area contributed by atoms with Crippen LogP contribution < -0.4 is 10.1 Å². The van der Waals surface area contributed by atoms with Gasteiger partial charge in [0.15, 0.2) is 0 Å². The molecule has 0 unspecified atom stereocenters. The van der Waals surface area contributed by atoms with Crippen molar-refractivity contribution in [3.8, 4) is 28.2 Å². The number of carbonyl (C=O) groups is 1. The fourth-order valence-electron chi connectivity index (χ4n) is 4.99. The summed E-state index contributed by atoms with van der Waals surface area (Å²) in [6.45, 7) is 2.49. The number of nitrogens with one attached hydrogen (secondary N) is 1. The van der Waals surface area contributed by atoms with E-state index in [1.165, 1.54) is 16.7 Å². The van der Waals surface area contributed by atoms with Gasteiger partial charge >= 0.3 is 0 Å². The Kier molecular flexibility index (Phi) is 5.14. The highest BCUT2D eigenvalue weighted by atomic mass is 16.5. The van der Waals surface area contributed by atoms with Crippen molar-refractivity contribution in [2.24, 2.45) is 0 Å². The van der Waals surface area contributed by atoms with E-state index in [0.29, 0.717) is 29.9 Å². The number of benzene rings is 4. The molecule has 1 N–H and O–H groups in total. The molecular weight excluding hydrogens is 434 g/mol. The summed E-state index contributed by atoms with van der Waals surface area (Å²) < 4.78 is 12.8. The third kappa shape index (κ3) is 3.58. The monoisotopic (exact) mass is 459 g/mol. The van der Waals surface area contributed by atoms with E-state index in [9.17, 15) is 4.79 Å². The van der Waals surface area contributed by atoms with E-state index in [1.807, 2.05) is 49.4 Å². The van der Waals surface area contributed by atoms with Gasteiger partial charge in [0.05, 0.1) is 5.56 Å². The van der Waals surface area contributed by atoms with Crippen LogP contribution in [0, 0.1) is 6.92 Å². The van der Waals surface area contributed by atoms with Gasteiger partial charge in [-0.3, -0.25) is 4.79 Å². The van der Waals surface area contributed by atoms with E-state index in [1.54, 1.807) is 7.05 Å². The second-order valence-corrected chi connectivity index (χ2v) is 8.95. The summed E-state index contributed by atoms with van der Waals surface area (Å²) in [4.78, 5) is 13.3. The van der Waals surface area contributed by atoms with Crippen LogP contribution in [0.1, 0.15) is 32.6 Å². The van der Waals surface area contributed by atoms with Crippen LogP contribution in [0.2, 0.25) is 0 Å². The van der Waals surface area contributed by atoms with Crippen molar-refractivity contribution in [3.05, 3.63) is 113 Å². The lowest BCUT2D eigenvalue weighted by atomic mass is 9.90. The summed E-state index contributed by atoms with van der Waals surface area (Å²) in [5.74, 6) is 1.17. The normalized spacial score (nSPS) is 12.4. The first-order chi connectivity index (χ1) is 17.1. The zero-order chi connectivity index (χ0) is 23.9. The molecule has 2 heterocycles. The first-order valence-electron chi connectivity index (χ1n) is 11.8. The second kappa shape index (κ2) is 8.48. The van der Waals surface area contributed by atoms with Gasteiger partial charge in [-0.2, -0.15) is 0 Å². The molecule has 1 aromatic heterocycles. The Hall–Kier alpha value is -4.31. The van der Waals surface area contributed by atoms with E-state index in [2.05, 4.69) is 47.8 Å². The van der Waals surface area contributed by atoms with Crippen molar-refractivity contribution in [1.82, 2.24) is 5.32 Å². The zero-order valence-electron chi connectivity index (χ0n) is 19.7. The molecule has 1 aliphatic rings. The molecule has 0 aliphatic carbocycles. The van der Waals surface area contributed by atoms with Gasteiger partial charge in [0, 0.05) is 30.0 Å². The van der Waals surface area contributed by atoms with Gasteiger partial charge < -0.3 is 14.5 Å². The molecule has 4 aromatic carbocycles. The van der Waals surface area contributed by atoms with E-state index in [4.69, 9.17) is 9.15 Å². The summed E-state index contributed by atoms with van der Waals surface area (Å²) >= 11 is 0. The number of hydrogen-bond acceptors (Lipinski definition) is 3. The fraction of sp³-hybridized carbons (Fsp3) is 0.129. The summed E-state index contributed by atoms with van der Waals surface area (Å²) in [6, 6.07) is 28.7. The molecule has 0 radical (unpaired) electrons. The third-order valence-electron chi connectivity index (χ3n) is 6.76. The second-order valence-electron chi connectivity index (χ2n) is 8.95. The van der Waals surface area contributed by atoms with Gasteiger partial charge in [0.25, 0.3) is 5.91 Å². The Bertz CT molecular complexity index is 1580. The van der Waals surface area contributed by atoms with Crippen molar-refractivity contribution < 1.29 is 13.9 Å². The van der Waals surface area contributed by atoms with Gasteiger partial charge in [-0.25, -0.2) is 0 Å². The number of rotatable bonds is 2. The number of hydrogen-bond donors (Lipinski definition) is 1. The molecule has 4 heteroatoms. The molecule has 0 saturated heterocycles. The summed E-state index contributed by atoms with van der Waals surface area (Å²) in [6.07, 6.45) is 0.619. The minimum Gasteiger partial charge on any atom is -0.489 e. The van der Waals surface area contributed by atoms with Gasteiger partial charge in [-0.15, -0.1) is 0 Å². The van der Waals surface area contributed by atoms with Gasteiger partial charge in [-0.1, -0.05) is 78.4 Å². The van der Waals surface area contributed by atoms with Crippen LogP contribution in [-0.4, -0.2) is 13.0 Å². The smallest absolute Gasteiger partial charge is 0.255 e. The minimum absolute atomic E-state index is 0.177. The Balaban J connectivity index is 1.64. The quantitative estimate of drug-likeness (QED) is 0.312. The standard InChI is InChI=1S/C31H25NO3/c1-19-11-13-20(14-12-19)30-29(31(33)32-2)28-25-17-21-7-3-5-9-23(21)24-10-6-4-8-22(24)18-34-26(25)15-16-27(28)35-30/h3-16H,17-18H2,1-2H3,(H,32,33). The number of furan rings is 1. The molecule has 0 bridgehead atoms. The third-order valence-corrected chi connectivity index (χ3v) is 6.76. The summed E-state index contributed by atoms with van der Waals surface area (Å²) in [7, 11) is 1.65. The van der Waals surface area contributed by atoms with Gasteiger partial charge in [0.2, 0.25) is 0 Å². The van der Waals surface area contributed by atoms with Crippen LogP contribution in [-0.2, 0) is 13.0 Å². The van der Waals surface area contributed by atoms with Crippen LogP contribution in [0.25, 0.3) is 33.4 Å². The van der Waals surface area contributed by atoms with Crippen molar-refractivity contribution in [2.75, 3.05) is 7.05 Å². The maximum atomic E-state index is 13.3. The lowest BCUT2D eigenvalue weighted by Gasteiger charge is -2.13. The predicted octanol–water partition coefficient (Wildman–Crippen LogP) is 6.92. The molecule has 0 saturated carbocycles.